The summed E-state index contributed by atoms with van der Waals surface area (Å²) in [5.41, 5.74) is 1.14. The Hall–Kier alpha value is -1.31. The first-order valence-corrected chi connectivity index (χ1v) is 8.39. The molecule has 5 nitrogen and oxygen atoms in total. The van der Waals surface area contributed by atoms with Crippen molar-refractivity contribution in [2.75, 3.05) is 13.1 Å². The van der Waals surface area contributed by atoms with Gasteiger partial charge < -0.3 is 5.32 Å². The Balaban J connectivity index is 1.52. The second kappa shape index (κ2) is 6.85. The molecule has 0 aliphatic carbocycles. The quantitative estimate of drug-likeness (QED) is 0.882. The van der Waals surface area contributed by atoms with Crippen LogP contribution >= 0.6 is 11.3 Å². The SMILES string of the molecule is Cc1ncc(CNC[C@@H]2C[C@H](F)CN2Cc2cnn(C)c2)s1. The monoisotopic (exact) mass is 323 g/mol. The highest BCUT2D eigenvalue weighted by atomic mass is 32.1. The van der Waals surface area contributed by atoms with Crippen molar-refractivity contribution in [3.8, 4) is 0 Å². The molecule has 1 fully saturated rings. The molecule has 0 amide bonds. The van der Waals surface area contributed by atoms with Crippen LogP contribution in [0.1, 0.15) is 21.9 Å². The van der Waals surface area contributed by atoms with Gasteiger partial charge in [-0.3, -0.25) is 9.58 Å². The van der Waals surface area contributed by atoms with E-state index >= 15 is 0 Å². The maximum absolute atomic E-state index is 13.8. The number of nitrogens with zero attached hydrogens (tertiary/aromatic N) is 4. The van der Waals surface area contributed by atoms with Crippen molar-refractivity contribution >= 4 is 11.3 Å². The van der Waals surface area contributed by atoms with Crippen molar-refractivity contribution < 1.29 is 4.39 Å². The molecular formula is C15H22FN5S. The Morgan fingerprint density at radius 1 is 1.45 bits per heavy atom. The molecule has 1 N–H and O–H groups in total. The minimum atomic E-state index is -0.728. The fraction of sp³-hybridized carbons (Fsp3) is 0.600. The number of likely N-dealkylation sites (tertiary alicyclic amines) is 1. The van der Waals surface area contributed by atoms with Crippen LogP contribution in [0.5, 0.6) is 0 Å². The lowest BCUT2D eigenvalue weighted by Crippen LogP contribution is -2.37. The molecule has 1 aliphatic heterocycles. The van der Waals surface area contributed by atoms with Crippen LogP contribution in [-0.4, -0.2) is 45.0 Å². The van der Waals surface area contributed by atoms with E-state index in [-0.39, 0.29) is 6.04 Å². The first-order chi connectivity index (χ1) is 10.6. The summed E-state index contributed by atoms with van der Waals surface area (Å²) < 4.78 is 15.6. The van der Waals surface area contributed by atoms with E-state index in [0.29, 0.717) is 13.0 Å². The zero-order chi connectivity index (χ0) is 15.5. The smallest absolute Gasteiger partial charge is 0.114 e. The van der Waals surface area contributed by atoms with E-state index in [1.165, 1.54) is 4.88 Å². The summed E-state index contributed by atoms with van der Waals surface area (Å²) in [5.74, 6) is 0. The van der Waals surface area contributed by atoms with Gasteiger partial charge in [0, 0.05) is 62.1 Å². The predicted molar refractivity (Wildman–Crippen MR) is 85.5 cm³/mol. The number of nitrogens with one attached hydrogen (secondary N) is 1. The number of alkyl halides is 1. The summed E-state index contributed by atoms with van der Waals surface area (Å²) in [6.45, 7) is 4.90. The Kier molecular flexibility index (Phi) is 4.85. The van der Waals surface area contributed by atoms with E-state index < -0.39 is 6.17 Å². The third-order valence-electron chi connectivity index (χ3n) is 3.97. The molecule has 1 aliphatic rings. The summed E-state index contributed by atoms with van der Waals surface area (Å²) in [5, 5.41) is 8.70. The lowest BCUT2D eigenvalue weighted by molar-refractivity contribution is 0.230. The lowest BCUT2D eigenvalue weighted by Gasteiger charge is -2.23. The average Bonchev–Trinajstić information content (AvgIpc) is 3.14. The first-order valence-electron chi connectivity index (χ1n) is 7.58. The summed E-state index contributed by atoms with van der Waals surface area (Å²) in [6.07, 6.45) is 5.64. The highest BCUT2D eigenvalue weighted by Gasteiger charge is 2.31. The van der Waals surface area contributed by atoms with E-state index in [2.05, 4.69) is 20.3 Å². The van der Waals surface area contributed by atoms with Gasteiger partial charge in [0.25, 0.3) is 0 Å². The molecule has 3 heterocycles. The Labute approximate surface area is 134 Å². The number of hydrogen-bond donors (Lipinski definition) is 1. The van der Waals surface area contributed by atoms with Crippen LogP contribution < -0.4 is 5.32 Å². The summed E-state index contributed by atoms with van der Waals surface area (Å²) in [4.78, 5) is 7.69. The molecule has 2 atom stereocenters. The molecule has 0 unspecified atom stereocenters. The Morgan fingerprint density at radius 2 is 2.32 bits per heavy atom. The second-order valence-corrected chi connectivity index (χ2v) is 7.23. The molecule has 120 valence electrons. The molecule has 0 radical (unpaired) electrons. The van der Waals surface area contributed by atoms with Crippen molar-refractivity contribution in [2.45, 2.75) is 38.6 Å². The fourth-order valence-corrected chi connectivity index (χ4v) is 3.73. The standard InChI is InChI=1S/C15H22FN5S/c1-11-18-7-15(22-11)6-17-5-14-3-13(16)10-21(14)9-12-4-19-20(2)8-12/h4,7-8,13-14,17H,3,5-6,9-10H2,1-2H3/t13-,14-/m0/s1. The number of thiazole rings is 1. The Bertz CT molecular complexity index is 611. The van der Waals surface area contributed by atoms with Gasteiger partial charge in [-0.05, 0) is 13.3 Å². The number of aromatic nitrogens is 3. The third kappa shape index (κ3) is 3.91. The van der Waals surface area contributed by atoms with Crippen LogP contribution in [0.15, 0.2) is 18.6 Å². The van der Waals surface area contributed by atoms with Gasteiger partial charge >= 0.3 is 0 Å². The minimum absolute atomic E-state index is 0.240. The molecule has 7 heteroatoms. The van der Waals surface area contributed by atoms with Gasteiger partial charge in [-0.1, -0.05) is 0 Å². The van der Waals surface area contributed by atoms with Gasteiger partial charge in [-0.2, -0.15) is 5.10 Å². The molecule has 0 spiro atoms. The van der Waals surface area contributed by atoms with Gasteiger partial charge in [0.1, 0.15) is 6.17 Å². The number of hydrogen-bond acceptors (Lipinski definition) is 5. The van der Waals surface area contributed by atoms with E-state index in [1.54, 1.807) is 16.0 Å². The lowest BCUT2D eigenvalue weighted by atomic mass is 10.2. The van der Waals surface area contributed by atoms with Gasteiger partial charge in [-0.15, -0.1) is 11.3 Å². The molecule has 22 heavy (non-hydrogen) atoms. The van der Waals surface area contributed by atoms with Crippen LogP contribution in [0, 0.1) is 6.92 Å². The molecule has 0 aromatic carbocycles. The minimum Gasteiger partial charge on any atom is -0.310 e. The van der Waals surface area contributed by atoms with Crippen molar-refractivity contribution in [1.82, 2.24) is 25.0 Å². The number of rotatable bonds is 6. The summed E-state index contributed by atoms with van der Waals surface area (Å²) >= 11 is 1.70. The average molecular weight is 323 g/mol. The van der Waals surface area contributed by atoms with E-state index in [0.717, 1.165) is 30.2 Å². The topological polar surface area (TPSA) is 46.0 Å². The van der Waals surface area contributed by atoms with Crippen LogP contribution in [0.25, 0.3) is 0 Å². The van der Waals surface area contributed by atoms with Gasteiger partial charge in [0.15, 0.2) is 0 Å². The fourth-order valence-electron chi connectivity index (χ4n) is 2.97. The zero-order valence-electron chi connectivity index (χ0n) is 13.0. The van der Waals surface area contributed by atoms with E-state index in [1.807, 2.05) is 32.6 Å². The van der Waals surface area contributed by atoms with Gasteiger partial charge in [0.05, 0.1) is 11.2 Å². The largest absolute Gasteiger partial charge is 0.310 e. The van der Waals surface area contributed by atoms with E-state index in [4.69, 9.17) is 0 Å². The number of aryl methyl sites for hydroxylation is 2. The maximum Gasteiger partial charge on any atom is 0.114 e. The van der Waals surface area contributed by atoms with Crippen molar-refractivity contribution in [2.24, 2.45) is 7.05 Å². The molecule has 2 aromatic rings. The summed E-state index contributed by atoms with van der Waals surface area (Å²) in [7, 11) is 1.90. The molecule has 3 rings (SSSR count). The van der Waals surface area contributed by atoms with E-state index in [9.17, 15) is 4.39 Å². The van der Waals surface area contributed by atoms with Crippen LogP contribution in [-0.2, 0) is 20.1 Å². The first kappa shape index (κ1) is 15.6. The zero-order valence-corrected chi connectivity index (χ0v) is 13.8. The number of halogens is 1. The van der Waals surface area contributed by atoms with Crippen molar-refractivity contribution in [3.05, 3.63) is 34.0 Å². The molecular weight excluding hydrogens is 301 g/mol. The molecule has 0 saturated carbocycles. The highest BCUT2D eigenvalue weighted by molar-refractivity contribution is 7.11. The molecule has 2 aromatic heterocycles. The Morgan fingerprint density at radius 3 is 3.00 bits per heavy atom. The van der Waals surface area contributed by atoms with Crippen molar-refractivity contribution in [1.29, 1.82) is 0 Å². The van der Waals surface area contributed by atoms with Crippen LogP contribution in [0.2, 0.25) is 0 Å². The van der Waals surface area contributed by atoms with Gasteiger partial charge in [-0.25, -0.2) is 9.37 Å². The van der Waals surface area contributed by atoms with Crippen LogP contribution in [0.3, 0.4) is 0 Å². The van der Waals surface area contributed by atoms with Gasteiger partial charge in [0.2, 0.25) is 0 Å². The molecule has 0 bridgehead atoms. The predicted octanol–water partition coefficient (Wildman–Crippen LogP) is 1.89. The maximum atomic E-state index is 13.8. The van der Waals surface area contributed by atoms with Crippen LogP contribution in [0.4, 0.5) is 4.39 Å². The highest BCUT2D eigenvalue weighted by Crippen LogP contribution is 2.22. The summed E-state index contributed by atoms with van der Waals surface area (Å²) in [6, 6.07) is 0.240. The van der Waals surface area contributed by atoms with Crippen molar-refractivity contribution in [3.63, 3.8) is 0 Å². The molecule has 1 saturated heterocycles. The normalized spacial score (nSPS) is 22.5. The second-order valence-electron chi connectivity index (χ2n) is 5.91. The third-order valence-corrected chi connectivity index (χ3v) is 4.88.